The average molecular weight is 369 g/mol. The number of ether oxygens (including phenoxy) is 1. The van der Waals surface area contributed by atoms with E-state index in [-0.39, 0.29) is 23.7 Å². The summed E-state index contributed by atoms with van der Waals surface area (Å²) in [5.41, 5.74) is 0.583. The van der Waals surface area contributed by atoms with Crippen LogP contribution < -0.4 is 4.74 Å². The summed E-state index contributed by atoms with van der Waals surface area (Å²) in [6.07, 6.45) is 5.58. The number of likely N-dealkylation sites (tertiary alicyclic amines) is 1. The molecule has 3 atom stereocenters. The number of piperidine rings is 1. The Labute approximate surface area is 159 Å². The van der Waals surface area contributed by atoms with Crippen molar-refractivity contribution in [3.05, 3.63) is 29.3 Å². The molecule has 1 heterocycles. The Balaban J connectivity index is 1.63. The highest BCUT2D eigenvalue weighted by atomic mass is 16.5. The molecule has 0 spiro atoms. The van der Waals surface area contributed by atoms with Crippen molar-refractivity contribution in [1.82, 2.24) is 4.90 Å². The lowest BCUT2D eigenvalue weighted by atomic mass is 9.49. The molecule has 1 unspecified atom stereocenters. The van der Waals surface area contributed by atoms with Gasteiger partial charge in [-0.1, -0.05) is 12.5 Å². The summed E-state index contributed by atoms with van der Waals surface area (Å²) in [7, 11) is 1.64. The van der Waals surface area contributed by atoms with Crippen LogP contribution in [0.25, 0.3) is 0 Å². The fourth-order valence-electron chi connectivity index (χ4n) is 6.07. The Hall–Kier alpha value is -1.88. The van der Waals surface area contributed by atoms with Crippen molar-refractivity contribution in [2.45, 2.75) is 68.4 Å². The van der Waals surface area contributed by atoms with Gasteiger partial charge in [0.1, 0.15) is 11.5 Å². The Morgan fingerprint density at radius 3 is 2.81 bits per heavy atom. The second kappa shape index (κ2) is 5.81. The van der Waals surface area contributed by atoms with Gasteiger partial charge in [-0.2, -0.15) is 0 Å². The Morgan fingerprint density at radius 1 is 1.30 bits per heavy atom. The van der Waals surface area contributed by atoms with Crippen molar-refractivity contribution in [2.24, 2.45) is 5.92 Å². The number of methoxy groups -OCH3 is 1. The molecule has 1 N–H and O–H groups in total. The third-order valence-corrected chi connectivity index (χ3v) is 7.80. The lowest BCUT2D eigenvalue weighted by Gasteiger charge is -2.63. The van der Waals surface area contributed by atoms with Gasteiger partial charge in [-0.3, -0.25) is 9.59 Å². The molecule has 1 amide bonds. The normalized spacial score (nSPS) is 35.1. The van der Waals surface area contributed by atoms with Crippen LogP contribution in [0.4, 0.5) is 0 Å². The lowest BCUT2D eigenvalue weighted by Crippen LogP contribution is -2.74. The summed E-state index contributed by atoms with van der Waals surface area (Å²) >= 11 is 0. The first kappa shape index (κ1) is 17.2. The maximum atomic E-state index is 13.1. The van der Waals surface area contributed by atoms with Crippen molar-refractivity contribution in [3.63, 3.8) is 0 Å². The zero-order chi connectivity index (χ0) is 18.8. The van der Waals surface area contributed by atoms with Crippen molar-refractivity contribution >= 4 is 11.7 Å². The van der Waals surface area contributed by atoms with Crippen LogP contribution in [-0.4, -0.2) is 47.0 Å². The molecule has 5 heteroatoms. The zero-order valence-corrected chi connectivity index (χ0v) is 15.9. The Morgan fingerprint density at radius 2 is 2.11 bits per heavy atom. The van der Waals surface area contributed by atoms with E-state index < -0.39 is 11.0 Å². The number of aliphatic hydroxyl groups is 1. The van der Waals surface area contributed by atoms with E-state index in [0.717, 1.165) is 36.1 Å². The molecule has 4 aliphatic rings. The highest BCUT2D eigenvalue weighted by Gasteiger charge is 2.65. The number of ketones is 1. The van der Waals surface area contributed by atoms with Gasteiger partial charge in [0.15, 0.2) is 0 Å². The van der Waals surface area contributed by atoms with Gasteiger partial charge in [0, 0.05) is 30.7 Å². The average Bonchev–Trinajstić information content (AvgIpc) is 2.60. The molecule has 0 aromatic heterocycles. The molecule has 2 saturated carbocycles. The molecular weight excluding hydrogens is 342 g/mol. The Kier molecular flexibility index (Phi) is 3.71. The molecule has 1 aromatic carbocycles. The van der Waals surface area contributed by atoms with Crippen molar-refractivity contribution in [2.75, 3.05) is 13.7 Å². The van der Waals surface area contributed by atoms with Crippen LogP contribution in [0.2, 0.25) is 0 Å². The molecular formula is C22H27NO4. The smallest absolute Gasteiger partial charge is 0.226 e. The summed E-state index contributed by atoms with van der Waals surface area (Å²) in [5.74, 6) is 1.31. The van der Waals surface area contributed by atoms with Gasteiger partial charge in [-0.05, 0) is 55.4 Å². The van der Waals surface area contributed by atoms with Crippen LogP contribution in [0, 0.1) is 5.92 Å². The van der Waals surface area contributed by atoms with E-state index in [2.05, 4.69) is 6.07 Å². The van der Waals surface area contributed by atoms with Crippen LogP contribution in [0.5, 0.6) is 5.75 Å². The molecule has 5 rings (SSSR count). The Bertz CT molecular complexity index is 817. The predicted octanol–water partition coefficient (Wildman–Crippen LogP) is 2.37. The van der Waals surface area contributed by atoms with E-state index in [9.17, 15) is 14.7 Å². The third-order valence-electron chi connectivity index (χ3n) is 7.80. The summed E-state index contributed by atoms with van der Waals surface area (Å²) in [6, 6.07) is 5.78. The lowest BCUT2D eigenvalue weighted by molar-refractivity contribution is -0.183. The third kappa shape index (κ3) is 2.21. The second-order valence-corrected chi connectivity index (χ2v) is 8.87. The predicted molar refractivity (Wildman–Crippen MR) is 99.6 cm³/mol. The maximum absolute atomic E-state index is 13.1. The minimum absolute atomic E-state index is 0.128. The maximum Gasteiger partial charge on any atom is 0.226 e. The number of Topliss-reactive ketones (excluding diaryl/α,β-unsaturated/α-hetero) is 1. The van der Waals surface area contributed by atoms with E-state index in [1.165, 1.54) is 0 Å². The zero-order valence-electron chi connectivity index (χ0n) is 15.9. The van der Waals surface area contributed by atoms with Gasteiger partial charge in [-0.25, -0.2) is 0 Å². The second-order valence-electron chi connectivity index (χ2n) is 8.87. The number of amides is 1. The van der Waals surface area contributed by atoms with Gasteiger partial charge < -0.3 is 14.7 Å². The number of fused-ring (bicyclic) bond motifs is 1. The van der Waals surface area contributed by atoms with Crippen LogP contribution in [0.15, 0.2) is 18.2 Å². The fourth-order valence-corrected chi connectivity index (χ4v) is 6.07. The molecule has 0 radical (unpaired) electrons. The number of hydrogen-bond acceptors (Lipinski definition) is 4. The van der Waals surface area contributed by atoms with Crippen molar-refractivity contribution in [1.29, 1.82) is 0 Å². The minimum atomic E-state index is -1.03. The van der Waals surface area contributed by atoms with Gasteiger partial charge in [-0.15, -0.1) is 0 Å². The number of rotatable bonds is 2. The molecule has 5 nitrogen and oxygen atoms in total. The summed E-state index contributed by atoms with van der Waals surface area (Å²) in [5, 5.41) is 12.0. The largest absolute Gasteiger partial charge is 0.497 e. The molecule has 3 fully saturated rings. The monoisotopic (exact) mass is 369 g/mol. The van der Waals surface area contributed by atoms with Crippen molar-refractivity contribution in [3.8, 4) is 5.75 Å². The number of hydrogen-bond donors (Lipinski definition) is 1. The quantitative estimate of drug-likeness (QED) is 0.869. The molecule has 3 aliphatic carbocycles. The van der Waals surface area contributed by atoms with Crippen LogP contribution >= 0.6 is 0 Å². The first-order chi connectivity index (χ1) is 13.0. The SMILES string of the molecule is COc1ccc2c(c1)[C@]13CCN(C(=O)C4CCC4)[C@H](C2)C1(O)CCC(=O)C3. The fraction of sp³-hybridized carbons (Fsp3) is 0.636. The summed E-state index contributed by atoms with van der Waals surface area (Å²) in [4.78, 5) is 27.5. The molecule has 27 heavy (non-hydrogen) atoms. The van der Waals surface area contributed by atoms with Gasteiger partial charge in [0.05, 0.1) is 18.8 Å². The molecule has 144 valence electrons. The van der Waals surface area contributed by atoms with Crippen LogP contribution in [0.1, 0.15) is 56.1 Å². The summed E-state index contributed by atoms with van der Waals surface area (Å²) < 4.78 is 5.44. The van der Waals surface area contributed by atoms with E-state index in [0.29, 0.717) is 38.6 Å². The van der Waals surface area contributed by atoms with Gasteiger partial charge in [0.25, 0.3) is 0 Å². The topological polar surface area (TPSA) is 66.8 Å². The van der Waals surface area contributed by atoms with E-state index in [1.54, 1.807) is 7.11 Å². The molecule has 2 bridgehead atoms. The van der Waals surface area contributed by atoms with E-state index in [1.807, 2.05) is 17.0 Å². The number of benzene rings is 1. The first-order valence-electron chi connectivity index (χ1n) is 10.2. The minimum Gasteiger partial charge on any atom is -0.497 e. The highest BCUT2D eigenvalue weighted by molar-refractivity contribution is 5.84. The molecule has 1 aromatic rings. The molecule has 1 aliphatic heterocycles. The van der Waals surface area contributed by atoms with E-state index >= 15 is 0 Å². The van der Waals surface area contributed by atoms with Crippen LogP contribution in [-0.2, 0) is 21.4 Å². The number of nitrogens with zero attached hydrogens (tertiary/aromatic N) is 1. The van der Waals surface area contributed by atoms with Crippen LogP contribution in [0.3, 0.4) is 0 Å². The first-order valence-corrected chi connectivity index (χ1v) is 10.2. The number of carbonyl (C=O) groups excluding carboxylic acids is 2. The van der Waals surface area contributed by atoms with Gasteiger partial charge >= 0.3 is 0 Å². The van der Waals surface area contributed by atoms with Gasteiger partial charge in [0.2, 0.25) is 5.91 Å². The number of carbonyl (C=O) groups is 2. The van der Waals surface area contributed by atoms with E-state index in [4.69, 9.17) is 4.74 Å². The summed E-state index contributed by atoms with van der Waals surface area (Å²) in [6.45, 7) is 0.631. The molecule has 1 saturated heterocycles. The van der Waals surface area contributed by atoms with Crippen molar-refractivity contribution < 1.29 is 19.4 Å². The highest BCUT2D eigenvalue weighted by Crippen LogP contribution is 2.58. The standard InChI is InChI=1S/C22H27NO4/c1-27-17-6-5-15-11-19-22(26)8-7-16(24)13-21(22,18(15)12-17)9-10-23(19)20(25)14-3-2-4-14/h5-6,12,14,19,26H,2-4,7-11,13H2,1H3/t19-,21-,22?/m1/s1.